The van der Waals surface area contributed by atoms with Crippen LogP contribution in [0.4, 0.5) is 11.4 Å². The van der Waals surface area contributed by atoms with Gasteiger partial charge in [0.15, 0.2) is 6.61 Å². The highest BCUT2D eigenvalue weighted by Crippen LogP contribution is 2.19. The molecule has 0 heterocycles. The number of hydrogen-bond acceptors (Lipinski definition) is 4. The summed E-state index contributed by atoms with van der Waals surface area (Å²) in [6.07, 6.45) is 1.58. The first kappa shape index (κ1) is 18.0. The van der Waals surface area contributed by atoms with E-state index in [1.54, 1.807) is 6.21 Å². The fraction of sp³-hybridized carbons (Fsp3) is 0.222. The molecule has 0 atom stereocenters. The van der Waals surface area contributed by atoms with Crippen molar-refractivity contribution in [3.8, 4) is 0 Å². The highest BCUT2D eigenvalue weighted by atomic mass is 79.9. The number of amides is 1. The maximum atomic E-state index is 11.9. The van der Waals surface area contributed by atoms with Crippen LogP contribution in [-0.2, 0) is 9.63 Å². The summed E-state index contributed by atoms with van der Waals surface area (Å²) in [5, 5.41) is 6.62. The van der Waals surface area contributed by atoms with Gasteiger partial charge in [-0.25, -0.2) is 0 Å². The summed E-state index contributed by atoms with van der Waals surface area (Å²) in [6, 6.07) is 13.5. The van der Waals surface area contributed by atoms with Crippen LogP contribution in [-0.4, -0.2) is 32.8 Å². The van der Waals surface area contributed by atoms with Crippen LogP contribution in [0.25, 0.3) is 0 Å². The van der Waals surface area contributed by atoms with Gasteiger partial charge in [-0.15, -0.1) is 0 Å². The molecule has 2 aromatic rings. The van der Waals surface area contributed by atoms with E-state index in [1.165, 1.54) is 0 Å². The molecular formula is C18H20BrN3O2. The van der Waals surface area contributed by atoms with Gasteiger partial charge in [0.1, 0.15) is 0 Å². The summed E-state index contributed by atoms with van der Waals surface area (Å²) in [5.74, 6) is -0.250. The lowest BCUT2D eigenvalue weighted by atomic mass is 10.2. The van der Waals surface area contributed by atoms with Crippen molar-refractivity contribution in [1.29, 1.82) is 0 Å². The Bertz CT molecular complexity index is 728. The lowest BCUT2D eigenvalue weighted by Gasteiger charge is -2.11. The Hall–Kier alpha value is -2.34. The number of carbonyl (C=O) groups excluding carboxylic acids is 1. The molecule has 126 valence electrons. The van der Waals surface area contributed by atoms with E-state index in [9.17, 15) is 4.79 Å². The molecule has 0 spiro atoms. The summed E-state index contributed by atoms with van der Waals surface area (Å²) < 4.78 is 0.971. The Morgan fingerprint density at radius 2 is 1.96 bits per heavy atom. The Balaban J connectivity index is 1.81. The number of benzene rings is 2. The Labute approximate surface area is 150 Å². The van der Waals surface area contributed by atoms with Crippen LogP contribution in [0.5, 0.6) is 0 Å². The van der Waals surface area contributed by atoms with Gasteiger partial charge in [0.05, 0.1) is 6.21 Å². The van der Waals surface area contributed by atoms with Crippen LogP contribution in [0, 0.1) is 6.92 Å². The van der Waals surface area contributed by atoms with Gasteiger partial charge in [0.25, 0.3) is 5.91 Å². The van der Waals surface area contributed by atoms with Gasteiger partial charge in [-0.2, -0.15) is 0 Å². The van der Waals surface area contributed by atoms with Crippen LogP contribution in [0.2, 0.25) is 0 Å². The monoisotopic (exact) mass is 389 g/mol. The van der Waals surface area contributed by atoms with Gasteiger partial charge in [0.2, 0.25) is 0 Å². The summed E-state index contributed by atoms with van der Waals surface area (Å²) in [6.45, 7) is 1.79. The SMILES string of the molecule is Cc1cc(Br)ccc1NC(=O)CO/N=C/c1ccc(N(C)C)cc1. The van der Waals surface area contributed by atoms with Crippen molar-refractivity contribution in [3.63, 3.8) is 0 Å². The molecule has 1 N–H and O–H groups in total. The molecule has 24 heavy (non-hydrogen) atoms. The number of nitrogens with zero attached hydrogens (tertiary/aromatic N) is 2. The number of aryl methyl sites for hydroxylation is 1. The molecule has 2 rings (SSSR count). The summed E-state index contributed by atoms with van der Waals surface area (Å²) in [5.41, 5.74) is 3.75. The van der Waals surface area contributed by atoms with Gasteiger partial charge in [-0.3, -0.25) is 4.79 Å². The molecule has 0 saturated carbocycles. The van der Waals surface area contributed by atoms with Gasteiger partial charge in [0, 0.05) is 29.9 Å². The number of carbonyl (C=O) groups is 1. The number of hydrogen-bond donors (Lipinski definition) is 1. The molecule has 6 heteroatoms. The van der Waals surface area contributed by atoms with E-state index in [4.69, 9.17) is 4.84 Å². The minimum Gasteiger partial charge on any atom is -0.386 e. The minimum atomic E-state index is -0.250. The second-order valence-corrected chi connectivity index (χ2v) is 6.42. The van der Waals surface area contributed by atoms with E-state index >= 15 is 0 Å². The molecule has 0 aromatic heterocycles. The Morgan fingerprint density at radius 1 is 1.25 bits per heavy atom. The molecule has 0 bridgehead atoms. The van der Waals surface area contributed by atoms with Crippen molar-refractivity contribution in [3.05, 3.63) is 58.1 Å². The van der Waals surface area contributed by atoms with Crippen LogP contribution in [0.1, 0.15) is 11.1 Å². The predicted octanol–water partition coefficient (Wildman–Crippen LogP) is 3.81. The molecule has 2 aromatic carbocycles. The van der Waals surface area contributed by atoms with Gasteiger partial charge < -0.3 is 15.1 Å². The highest BCUT2D eigenvalue weighted by Gasteiger charge is 2.05. The number of halogens is 1. The summed E-state index contributed by atoms with van der Waals surface area (Å²) in [7, 11) is 3.97. The van der Waals surface area contributed by atoms with Crippen LogP contribution in [0.15, 0.2) is 52.1 Å². The van der Waals surface area contributed by atoms with Crippen molar-refractivity contribution < 1.29 is 9.63 Å². The maximum absolute atomic E-state index is 11.9. The smallest absolute Gasteiger partial charge is 0.265 e. The average molecular weight is 390 g/mol. The fourth-order valence-electron chi connectivity index (χ4n) is 2.01. The topological polar surface area (TPSA) is 53.9 Å². The van der Waals surface area contributed by atoms with Gasteiger partial charge in [-0.05, 0) is 48.4 Å². The van der Waals surface area contributed by atoms with E-state index in [0.717, 1.165) is 27.0 Å². The van der Waals surface area contributed by atoms with Gasteiger partial charge >= 0.3 is 0 Å². The van der Waals surface area contributed by atoms with Crippen LogP contribution >= 0.6 is 15.9 Å². The lowest BCUT2D eigenvalue weighted by molar-refractivity contribution is -0.120. The van der Waals surface area contributed by atoms with Crippen molar-refractivity contribution in [2.75, 3.05) is 30.9 Å². The standard InChI is InChI=1S/C18H20BrN3O2/c1-13-10-15(19)6-9-17(13)21-18(23)12-24-20-11-14-4-7-16(8-5-14)22(2)3/h4-11H,12H2,1-3H3,(H,21,23)/b20-11+. The molecule has 0 unspecified atom stereocenters. The van der Waals surface area contributed by atoms with Crippen LogP contribution < -0.4 is 10.2 Å². The van der Waals surface area contributed by atoms with Gasteiger partial charge in [-0.1, -0.05) is 33.2 Å². The molecule has 1 amide bonds. The average Bonchev–Trinajstić information content (AvgIpc) is 2.55. The van der Waals surface area contributed by atoms with E-state index < -0.39 is 0 Å². The zero-order chi connectivity index (χ0) is 17.5. The van der Waals surface area contributed by atoms with Crippen molar-refractivity contribution in [2.45, 2.75) is 6.92 Å². The molecule has 0 aliphatic carbocycles. The third kappa shape index (κ3) is 5.38. The molecular weight excluding hydrogens is 370 g/mol. The second kappa shape index (κ2) is 8.49. The maximum Gasteiger partial charge on any atom is 0.265 e. The quantitative estimate of drug-likeness (QED) is 0.603. The predicted molar refractivity (Wildman–Crippen MR) is 102 cm³/mol. The summed E-state index contributed by atoms with van der Waals surface area (Å²) in [4.78, 5) is 18.9. The molecule has 0 aliphatic rings. The van der Waals surface area contributed by atoms with E-state index in [2.05, 4.69) is 26.4 Å². The van der Waals surface area contributed by atoms with Crippen molar-refractivity contribution in [1.82, 2.24) is 0 Å². The Morgan fingerprint density at radius 3 is 2.58 bits per heavy atom. The van der Waals surface area contributed by atoms with E-state index in [0.29, 0.717) is 0 Å². The van der Waals surface area contributed by atoms with E-state index in [-0.39, 0.29) is 12.5 Å². The molecule has 5 nitrogen and oxygen atoms in total. The van der Waals surface area contributed by atoms with Crippen LogP contribution in [0.3, 0.4) is 0 Å². The number of oxime groups is 1. The molecule has 0 saturated heterocycles. The first-order valence-electron chi connectivity index (χ1n) is 7.44. The lowest BCUT2D eigenvalue weighted by Crippen LogP contribution is -2.17. The van der Waals surface area contributed by atoms with Crippen molar-refractivity contribution >= 4 is 39.4 Å². The summed E-state index contributed by atoms with van der Waals surface area (Å²) >= 11 is 3.39. The third-order valence-electron chi connectivity index (χ3n) is 3.34. The normalized spacial score (nSPS) is 10.7. The molecule has 0 radical (unpaired) electrons. The largest absolute Gasteiger partial charge is 0.386 e. The van der Waals surface area contributed by atoms with E-state index in [1.807, 2.05) is 68.4 Å². The molecule has 0 fully saturated rings. The number of rotatable bonds is 6. The fourth-order valence-corrected chi connectivity index (χ4v) is 2.48. The number of nitrogens with one attached hydrogen (secondary N) is 1. The Kier molecular flexibility index (Phi) is 6.37. The van der Waals surface area contributed by atoms with Crippen molar-refractivity contribution in [2.24, 2.45) is 5.16 Å². The first-order chi connectivity index (χ1) is 11.5. The zero-order valence-electron chi connectivity index (χ0n) is 13.9. The second-order valence-electron chi connectivity index (χ2n) is 5.50. The number of anilines is 2. The third-order valence-corrected chi connectivity index (χ3v) is 3.84. The molecule has 0 aliphatic heterocycles. The first-order valence-corrected chi connectivity index (χ1v) is 8.24. The highest BCUT2D eigenvalue weighted by molar-refractivity contribution is 9.10. The minimum absolute atomic E-state index is 0.137. The zero-order valence-corrected chi connectivity index (χ0v) is 15.5.